The fourth-order valence-corrected chi connectivity index (χ4v) is 3.29. The molecule has 0 saturated carbocycles. The zero-order valence-electron chi connectivity index (χ0n) is 17.7. The van der Waals surface area contributed by atoms with Gasteiger partial charge in [-0.05, 0) is 49.6 Å². The molecule has 0 aliphatic heterocycles. The number of aliphatic imine (C=N–C) groups is 1. The molecule has 1 heterocycles. The number of aliphatic hydroxyl groups excluding tert-OH is 1. The van der Waals surface area contributed by atoms with Crippen LogP contribution in [0.5, 0.6) is 0 Å². The van der Waals surface area contributed by atoms with Crippen molar-refractivity contribution in [2.75, 3.05) is 6.54 Å². The standard InChI is InChI=1S/C23H29N5O.HI/c1-4-24-23(25-14-19-9-5-6-11-21(19)16-29)26-15-20-10-7-8-12-22(20)28-18(3)13-17(2)27-28;/h5-13,29H,4,14-16H2,1-3H3,(H2,24,25,26);1H. The van der Waals surface area contributed by atoms with E-state index in [-0.39, 0.29) is 30.6 Å². The van der Waals surface area contributed by atoms with Crippen molar-refractivity contribution in [3.05, 3.63) is 82.7 Å². The van der Waals surface area contributed by atoms with Crippen LogP contribution in [0.2, 0.25) is 0 Å². The normalized spacial score (nSPS) is 11.1. The van der Waals surface area contributed by atoms with Gasteiger partial charge in [0.1, 0.15) is 0 Å². The Morgan fingerprint density at radius 2 is 1.67 bits per heavy atom. The van der Waals surface area contributed by atoms with E-state index in [0.717, 1.165) is 46.3 Å². The molecule has 3 N–H and O–H groups in total. The highest BCUT2D eigenvalue weighted by Crippen LogP contribution is 2.18. The zero-order chi connectivity index (χ0) is 20.6. The fourth-order valence-electron chi connectivity index (χ4n) is 3.29. The molecular weight excluding hydrogens is 489 g/mol. The average Bonchev–Trinajstić information content (AvgIpc) is 3.08. The van der Waals surface area contributed by atoms with E-state index in [4.69, 9.17) is 4.99 Å². The summed E-state index contributed by atoms with van der Waals surface area (Å²) < 4.78 is 1.97. The predicted molar refractivity (Wildman–Crippen MR) is 132 cm³/mol. The van der Waals surface area contributed by atoms with Gasteiger partial charge < -0.3 is 15.7 Å². The number of hydrogen-bond donors (Lipinski definition) is 3. The Kier molecular flexibility index (Phi) is 9.32. The molecule has 0 fully saturated rings. The average molecular weight is 519 g/mol. The van der Waals surface area contributed by atoms with Gasteiger partial charge in [-0.1, -0.05) is 42.5 Å². The van der Waals surface area contributed by atoms with Gasteiger partial charge in [0.2, 0.25) is 0 Å². The maximum atomic E-state index is 9.52. The molecule has 6 nitrogen and oxygen atoms in total. The first-order chi connectivity index (χ1) is 14.1. The molecule has 3 aromatic rings. The molecule has 0 aliphatic rings. The maximum Gasteiger partial charge on any atom is 0.191 e. The molecule has 30 heavy (non-hydrogen) atoms. The van der Waals surface area contributed by atoms with Crippen LogP contribution in [0, 0.1) is 13.8 Å². The Labute approximate surface area is 195 Å². The van der Waals surface area contributed by atoms with Crippen molar-refractivity contribution in [2.24, 2.45) is 4.99 Å². The smallest absolute Gasteiger partial charge is 0.191 e. The van der Waals surface area contributed by atoms with Crippen LogP contribution in [-0.4, -0.2) is 27.4 Å². The number of aromatic nitrogens is 2. The molecule has 0 unspecified atom stereocenters. The minimum atomic E-state index is 0. The van der Waals surface area contributed by atoms with E-state index in [1.807, 2.05) is 54.9 Å². The van der Waals surface area contributed by atoms with Gasteiger partial charge in [-0.15, -0.1) is 24.0 Å². The van der Waals surface area contributed by atoms with Gasteiger partial charge in [0.05, 0.1) is 24.5 Å². The second-order valence-corrected chi connectivity index (χ2v) is 6.94. The minimum absolute atomic E-state index is 0. The molecular formula is C23H30IN5O. The van der Waals surface area contributed by atoms with E-state index in [1.54, 1.807) is 0 Å². The van der Waals surface area contributed by atoms with Gasteiger partial charge in [0.15, 0.2) is 5.96 Å². The number of aryl methyl sites for hydroxylation is 2. The summed E-state index contributed by atoms with van der Waals surface area (Å²) in [5, 5.41) is 20.8. The molecule has 0 bridgehead atoms. The number of guanidine groups is 1. The van der Waals surface area contributed by atoms with Crippen LogP contribution in [0.1, 0.15) is 35.0 Å². The van der Waals surface area contributed by atoms with Gasteiger partial charge >= 0.3 is 0 Å². The Morgan fingerprint density at radius 1 is 1.00 bits per heavy atom. The topological polar surface area (TPSA) is 74.5 Å². The Balaban J connectivity index is 0.00000320. The van der Waals surface area contributed by atoms with Gasteiger partial charge in [0.25, 0.3) is 0 Å². The van der Waals surface area contributed by atoms with Crippen molar-refractivity contribution in [1.82, 2.24) is 20.4 Å². The van der Waals surface area contributed by atoms with Crippen LogP contribution < -0.4 is 10.6 Å². The van der Waals surface area contributed by atoms with Crippen molar-refractivity contribution in [3.8, 4) is 5.69 Å². The summed E-state index contributed by atoms with van der Waals surface area (Å²) in [6, 6.07) is 18.1. The molecule has 2 aromatic carbocycles. The first-order valence-corrected chi connectivity index (χ1v) is 9.93. The highest BCUT2D eigenvalue weighted by Gasteiger charge is 2.09. The van der Waals surface area contributed by atoms with Crippen molar-refractivity contribution >= 4 is 29.9 Å². The summed E-state index contributed by atoms with van der Waals surface area (Å²) in [5.74, 6) is 0.739. The molecule has 0 amide bonds. The number of nitrogens with zero attached hydrogens (tertiary/aromatic N) is 3. The molecule has 0 saturated heterocycles. The lowest BCUT2D eigenvalue weighted by molar-refractivity contribution is 0.280. The number of benzene rings is 2. The lowest BCUT2D eigenvalue weighted by Gasteiger charge is -2.14. The van der Waals surface area contributed by atoms with Crippen molar-refractivity contribution in [2.45, 2.75) is 40.5 Å². The lowest BCUT2D eigenvalue weighted by atomic mass is 10.1. The van der Waals surface area contributed by atoms with Crippen LogP contribution in [-0.2, 0) is 19.7 Å². The number of nitrogens with one attached hydrogen (secondary N) is 2. The summed E-state index contributed by atoms with van der Waals surface area (Å²) in [4.78, 5) is 4.77. The quantitative estimate of drug-likeness (QED) is 0.252. The number of para-hydroxylation sites is 1. The third kappa shape index (κ3) is 6.06. The van der Waals surface area contributed by atoms with E-state index in [9.17, 15) is 5.11 Å². The third-order valence-electron chi connectivity index (χ3n) is 4.72. The van der Waals surface area contributed by atoms with Gasteiger partial charge in [-0.25, -0.2) is 9.67 Å². The van der Waals surface area contributed by atoms with E-state index in [0.29, 0.717) is 13.1 Å². The molecule has 7 heteroatoms. The SMILES string of the molecule is CCNC(=NCc1ccccc1-n1nc(C)cc1C)NCc1ccccc1CO.I. The van der Waals surface area contributed by atoms with Crippen LogP contribution in [0.3, 0.4) is 0 Å². The number of rotatable bonds is 7. The summed E-state index contributed by atoms with van der Waals surface area (Å²) in [5.41, 5.74) is 6.23. The van der Waals surface area contributed by atoms with Crippen LogP contribution in [0.15, 0.2) is 59.6 Å². The van der Waals surface area contributed by atoms with E-state index < -0.39 is 0 Å². The minimum Gasteiger partial charge on any atom is -0.392 e. The van der Waals surface area contributed by atoms with E-state index in [1.165, 1.54) is 0 Å². The van der Waals surface area contributed by atoms with E-state index in [2.05, 4.69) is 40.9 Å². The summed E-state index contributed by atoms with van der Waals surface area (Å²) in [7, 11) is 0. The monoisotopic (exact) mass is 519 g/mol. The van der Waals surface area contributed by atoms with E-state index >= 15 is 0 Å². The molecule has 0 aliphatic carbocycles. The van der Waals surface area contributed by atoms with Gasteiger partial charge in [-0.3, -0.25) is 0 Å². The second-order valence-electron chi connectivity index (χ2n) is 6.94. The molecule has 0 atom stereocenters. The fraction of sp³-hybridized carbons (Fsp3) is 0.304. The van der Waals surface area contributed by atoms with Crippen LogP contribution in [0.4, 0.5) is 0 Å². The Hall–Kier alpha value is -2.39. The summed E-state index contributed by atoms with van der Waals surface area (Å²) >= 11 is 0. The number of halogens is 1. The van der Waals surface area contributed by atoms with Crippen LogP contribution in [0.25, 0.3) is 5.69 Å². The summed E-state index contributed by atoms with van der Waals surface area (Å²) in [6.45, 7) is 8.04. The van der Waals surface area contributed by atoms with Crippen molar-refractivity contribution < 1.29 is 5.11 Å². The first kappa shape index (κ1) is 23.9. The van der Waals surface area contributed by atoms with Crippen molar-refractivity contribution in [1.29, 1.82) is 0 Å². The molecule has 160 valence electrons. The highest BCUT2D eigenvalue weighted by atomic mass is 127. The van der Waals surface area contributed by atoms with Crippen LogP contribution >= 0.6 is 24.0 Å². The zero-order valence-corrected chi connectivity index (χ0v) is 20.1. The molecule has 0 radical (unpaired) electrons. The number of hydrogen-bond acceptors (Lipinski definition) is 3. The second kappa shape index (κ2) is 11.7. The number of aliphatic hydroxyl groups is 1. The lowest BCUT2D eigenvalue weighted by Crippen LogP contribution is -2.37. The molecule has 3 rings (SSSR count). The van der Waals surface area contributed by atoms with Gasteiger partial charge in [-0.2, -0.15) is 5.10 Å². The molecule has 0 spiro atoms. The third-order valence-corrected chi connectivity index (χ3v) is 4.72. The Bertz CT molecular complexity index is 983. The van der Waals surface area contributed by atoms with Gasteiger partial charge in [0, 0.05) is 18.8 Å². The van der Waals surface area contributed by atoms with Crippen molar-refractivity contribution in [3.63, 3.8) is 0 Å². The predicted octanol–water partition coefficient (Wildman–Crippen LogP) is 3.85. The largest absolute Gasteiger partial charge is 0.392 e. The molecule has 1 aromatic heterocycles. The summed E-state index contributed by atoms with van der Waals surface area (Å²) in [6.07, 6.45) is 0. The Morgan fingerprint density at radius 3 is 2.30 bits per heavy atom. The first-order valence-electron chi connectivity index (χ1n) is 9.93. The highest BCUT2D eigenvalue weighted by molar-refractivity contribution is 14.0. The maximum absolute atomic E-state index is 9.52.